The average Bonchev–Trinajstić information content (AvgIpc) is 2.71. The van der Waals surface area contributed by atoms with E-state index in [0.29, 0.717) is 18.3 Å². The quantitative estimate of drug-likeness (QED) is 0.756. The van der Waals surface area contributed by atoms with Gasteiger partial charge in [0.1, 0.15) is 0 Å². The maximum Gasteiger partial charge on any atom is 0.222 e. The van der Waals surface area contributed by atoms with Crippen LogP contribution in [-0.4, -0.2) is 35.6 Å². The molecule has 0 bridgehead atoms. The zero-order valence-electron chi connectivity index (χ0n) is 9.96. The Morgan fingerprint density at radius 2 is 2.07 bits per heavy atom. The largest absolute Gasteiger partial charge is 0.396 e. The lowest BCUT2D eigenvalue weighted by molar-refractivity contribution is -0.130. The molecule has 3 heteroatoms. The molecule has 1 saturated heterocycles. The standard InChI is InChI=1S/C12H23NO2/c1-3-12(4-2)7-8-13(10-12)11(15)6-5-9-14/h14H,3-10H2,1-2H3. The van der Waals surface area contributed by atoms with Crippen molar-refractivity contribution < 1.29 is 9.90 Å². The van der Waals surface area contributed by atoms with Gasteiger partial charge in [0.05, 0.1) is 0 Å². The molecule has 1 amide bonds. The van der Waals surface area contributed by atoms with E-state index in [0.717, 1.165) is 32.4 Å². The third kappa shape index (κ3) is 2.94. The predicted octanol–water partition coefficient (Wildman–Crippen LogP) is 1.80. The van der Waals surface area contributed by atoms with Crippen LogP contribution in [0.15, 0.2) is 0 Å². The van der Waals surface area contributed by atoms with Gasteiger partial charge in [0.2, 0.25) is 5.91 Å². The summed E-state index contributed by atoms with van der Waals surface area (Å²) in [6, 6.07) is 0. The van der Waals surface area contributed by atoms with Crippen molar-refractivity contribution in [3.8, 4) is 0 Å². The van der Waals surface area contributed by atoms with Crippen molar-refractivity contribution in [2.45, 2.75) is 46.0 Å². The third-order valence-electron chi connectivity index (χ3n) is 3.84. The first kappa shape index (κ1) is 12.5. The molecule has 0 aromatic rings. The van der Waals surface area contributed by atoms with E-state index in [1.165, 1.54) is 0 Å². The highest BCUT2D eigenvalue weighted by Gasteiger charge is 2.36. The monoisotopic (exact) mass is 213 g/mol. The Morgan fingerprint density at radius 1 is 1.40 bits per heavy atom. The van der Waals surface area contributed by atoms with E-state index in [2.05, 4.69) is 13.8 Å². The molecular weight excluding hydrogens is 190 g/mol. The maximum absolute atomic E-state index is 11.7. The second-order valence-electron chi connectivity index (χ2n) is 4.60. The predicted molar refractivity (Wildman–Crippen MR) is 60.5 cm³/mol. The van der Waals surface area contributed by atoms with Crippen molar-refractivity contribution in [3.05, 3.63) is 0 Å². The van der Waals surface area contributed by atoms with E-state index in [9.17, 15) is 4.79 Å². The summed E-state index contributed by atoms with van der Waals surface area (Å²) in [5.74, 6) is 0.216. The van der Waals surface area contributed by atoms with Crippen molar-refractivity contribution in [2.75, 3.05) is 19.7 Å². The summed E-state index contributed by atoms with van der Waals surface area (Å²) in [6.45, 7) is 6.37. The van der Waals surface area contributed by atoms with Crippen LogP contribution < -0.4 is 0 Å². The van der Waals surface area contributed by atoms with Crippen molar-refractivity contribution >= 4 is 5.91 Å². The molecule has 0 atom stereocenters. The van der Waals surface area contributed by atoms with Gasteiger partial charge >= 0.3 is 0 Å². The van der Waals surface area contributed by atoms with Gasteiger partial charge in [0.15, 0.2) is 0 Å². The molecule has 1 heterocycles. The van der Waals surface area contributed by atoms with E-state index < -0.39 is 0 Å². The zero-order chi connectivity index (χ0) is 11.3. The highest BCUT2D eigenvalue weighted by Crippen LogP contribution is 2.37. The van der Waals surface area contributed by atoms with Gasteiger partial charge in [-0.2, -0.15) is 0 Å². The molecule has 1 aliphatic rings. The van der Waals surface area contributed by atoms with Crippen LogP contribution in [0.2, 0.25) is 0 Å². The summed E-state index contributed by atoms with van der Waals surface area (Å²) in [5, 5.41) is 8.68. The number of carbonyl (C=O) groups excluding carboxylic acids is 1. The Bertz CT molecular complexity index is 212. The van der Waals surface area contributed by atoms with Gasteiger partial charge in [0, 0.05) is 26.1 Å². The van der Waals surface area contributed by atoms with E-state index in [4.69, 9.17) is 5.11 Å². The summed E-state index contributed by atoms with van der Waals surface area (Å²) in [6.07, 6.45) is 4.56. The Balaban J connectivity index is 2.44. The molecule has 0 radical (unpaired) electrons. The van der Waals surface area contributed by atoms with Crippen molar-refractivity contribution in [1.82, 2.24) is 4.90 Å². The van der Waals surface area contributed by atoms with Crippen LogP contribution in [0, 0.1) is 5.41 Å². The highest BCUT2D eigenvalue weighted by molar-refractivity contribution is 5.76. The summed E-state index contributed by atoms with van der Waals surface area (Å²) in [7, 11) is 0. The second-order valence-corrected chi connectivity index (χ2v) is 4.60. The topological polar surface area (TPSA) is 40.5 Å². The lowest BCUT2D eigenvalue weighted by Gasteiger charge is -2.26. The summed E-state index contributed by atoms with van der Waals surface area (Å²) in [5.41, 5.74) is 0.370. The smallest absolute Gasteiger partial charge is 0.222 e. The molecule has 1 N–H and O–H groups in total. The number of hydrogen-bond acceptors (Lipinski definition) is 2. The number of rotatable bonds is 5. The zero-order valence-corrected chi connectivity index (χ0v) is 9.96. The van der Waals surface area contributed by atoms with Crippen molar-refractivity contribution in [3.63, 3.8) is 0 Å². The van der Waals surface area contributed by atoms with Gasteiger partial charge < -0.3 is 10.0 Å². The Morgan fingerprint density at radius 3 is 2.53 bits per heavy atom. The molecule has 0 aromatic carbocycles. The molecular formula is C12H23NO2. The number of aliphatic hydroxyl groups is 1. The van der Waals surface area contributed by atoms with E-state index in [-0.39, 0.29) is 12.5 Å². The first-order chi connectivity index (χ1) is 7.17. The average molecular weight is 213 g/mol. The van der Waals surface area contributed by atoms with Gasteiger partial charge in [0.25, 0.3) is 0 Å². The number of hydrogen-bond donors (Lipinski definition) is 1. The first-order valence-electron chi connectivity index (χ1n) is 6.06. The minimum Gasteiger partial charge on any atom is -0.396 e. The molecule has 88 valence electrons. The van der Waals surface area contributed by atoms with Crippen molar-refractivity contribution in [1.29, 1.82) is 0 Å². The number of likely N-dealkylation sites (tertiary alicyclic amines) is 1. The normalized spacial score (nSPS) is 19.5. The second kappa shape index (κ2) is 5.50. The fourth-order valence-corrected chi connectivity index (χ4v) is 2.36. The van der Waals surface area contributed by atoms with E-state index in [1.54, 1.807) is 0 Å². The molecule has 0 aromatic heterocycles. The number of nitrogens with zero attached hydrogens (tertiary/aromatic N) is 1. The van der Waals surface area contributed by atoms with E-state index >= 15 is 0 Å². The minimum atomic E-state index is 0.117. The highest BCUT2D eigenvalue weighted by atomic mass is 16.3. The molecule has 3 nitrogen and oxygen atoms in total. The molecule has 15 heavy (non-hydrogen) atoms. The number of aliphatic hydroxyl groups excluding tert-OH is 1. The molecule has 0 spiro atoms. The molecule has 1 fully saturated rings. The van der Waals surface area contributed by atoms with Gasteiger partial charge in [-0.25, -0.2) is 0 Å². The molecule has 0 aliphatic carbocycles. The first-order valence-corrected chi connectivity index (χ1v) is 6.06. The Kier molecular flexibility index (Phi) is 4.58. The van der Waals surface area contributed by atoms with Crippen LogP contribution in [0.3, 0.4) is 0 Å². The van der Waals surface area contributed by atoms with Crippen LogP contribution in [0.5, 0.6) is 0 Å². The summed E-state index contributed by atoms with van der Waals surface area (Å²) < 4.78 is 0. The molecule has 1 aliphatic heterocycles. The Hall–Kier alpha value is -0.570. The van der Waals surface area contributed by atoms with Crippen molar-refractivity contribution in [2.24, 2.45) is 5.41 Å². The van der Waals surface area contributed by atoms with Gasteiger partial charge in [-0.05, 0) is 31.1 Å². The fraction of sp³-hybridized carbons (Fsp3) is 0.917. The van der Waals surface area contributed by atoms with Gasteiger partial charge in [-0.3, -0.25) is 4.79 Å². The van der Waals surface area contributed by atoms with Crippen LogP contribution >= 0.6 is 0 Å². The van der Waals surface area contributed by atoms with Gasteiger partial charge in [-0.15, -0.1) is 0 Å². The van der Waals surface area contributed by atoms with Crippen LogP contribution in [0.25, 0.3) is 0 Å². The molecule has 0 saturated carbocycles. The molecule has 0 unspecified atom stereocenters. The summed E-state index contributed by atoms with van der Waals surface area (Å²) >= 11 is 0. The fourth-order valence-electron chi connectivity index (χ4n) is 2.36. The number of carbonyl (C=O) groups is 1. The molecule has 1 rings (SSSR count). The maximum atomic E-state index is 11.7. The van der Waals surface area contributed by atoms with Crippen LogP contribution in [-0.2, 0) is 4.79 Å². The number of amides is 1. The lowest BCUT2D eigenvalue weighted by Crippen LogP contribution is -2.31. The minimum absolute atomic E-state index is 0.117. The van der Waals surface area contributed by atoms with Crippen LogP contribution in [0.4, 0.5) is 0 Å². The van der Waals surface area contributed by atoms with E-state index in [1.807, 2.05) is 4.90 Å². The lowest BCUT2D eigenvalue weighted by atomic mass is 9.82. The summed E-state index contributed by atoms with van der Waals surface area (Å²) in [4.78, 5) is 13.7. The Labute approximate surface area is 92.5 Å². The van der Waals surface area contributed by atoms with Gasteiger partial charge in [-0.1, -0.05) is 13.8 Å². The SMILES string of the molecule is CCC1(CC)CCN(C(=O)CCCO)C1. The third-order valence-corrected chi connectivity index (χ3v) is 3.84. The van der Waals surface area contributed by atoms with Crippen LogP contribution in [0.1, 0.15) is 46.0 Å².